The molecule has 2 aromatic carbocycles. The predicted molar refractivity (Wildman–Crippen MR) is 147 cm³/mol. The second-order valence-corrected chi connectivity index (χ2v) is 10.2. The Labute approximate surface area is 236 Å². The Kier molecular flexibility index (Phi) is 9.11. The molecule has 2 heterocycles. The molecule has 0 aliphatic rings. The third kappa shape index (κ3) is 7.94. The topological polar surface area (TPSA) is 98.3 Å². The third-order valence-corrected chi connectivity index (χ3v) is 6.48. The maximum absolute atomic E-state index is 12.8. The Balaban J connectivity index is 1.40. The molecule has 4 rings (SSSR count). The van der Waals surface area contributed by atoms with Crippen molar-refractivity contribution in [2.45, 2.75) is 59.6 Å². The van der Waals surface area contributed by atoms with Crippen LogP contribution in [0.3, 0.4) is 0 Å². The van der Waals surface area contributed by atoms with Gasteiger partial charge in [0.1, 0.15) is 5.75 Å². The van der Waals surface area contributed by atoms with E-state index in [1.54, 1.807) is 16.8 Å². The standard InChI is InChI=1S/C29H33F3N6O3/c1-18(2)37(19(3)4)14-13-33-27(39)23-8-6-7-21(16-23)17-38-20(5)15-25(35-38)28-34-26(36-41-28)22-9-11-24(12-10-22)40-29(30,31)32/h6-12,15-16,18-19H,13-14,17H2,1-5H3,(H,33,39). The number of ether oxygens (including phenoxy) is 1. The quantitative estimate of drug-likeness (QED) is 0.247. The molecule has 0 radical (unpaired) electrons. The molecule has 9 nitrogen and oxygen atoms in total. The van der Waals surface area contributed by atoms with Gasteiger partial charge in [-0.15, -0.1) is 13.2 Å². The van der Waals surface area contributed by atoms with E-state index < -0.39 is 6.36 Å². The summed E-state index contributed by atoms with van der Waals surface area (Å²) in [5.41, 5.74) is 3.22. The van der Waals surface area contributed by atoms with Crippen molar-refractivity contribution in [1.82, 2.24) is 30.1 Å². The van der Waals surface area contributed by atoms with Gasteiger partial charge in [-0.25, -0.2) is 0 Å². The number of amides is 1. The zero-order valence-corrected chi connectivity index (χ0v) is 23.6. The second kappa shape index (κ2) is 12.5. The number of benzene rings is 2. The molecule has 41 heavy (non-hydrogen) atoms. The Hall–Kier alpha value is -4.19. The van der Waals surface area contributed by atoms with Crippen LogP contribution in [0.4, 0.5) is 13.2 Å². The Morgan fingerprint density at radius 3 is 2.44 bits per heavy atom. The van der Waals surface area contributed by atoms with Crippen LogP contribution in [0.5, 0.6) is 5.75 Å². The molecule has 0 aliphatic heterocycles. The molecular formula is C29H33F3N6O3. The number of rotatable bonds is 11. The van der Waals surface area contributed by atoms with Gasteiger partial charge in [0.2, 0.25) is 5.82 Å². The van der Waals surface area contributed by atoms with Crippen LogP contribution >= 0.6 is 0 Å². The molecule has 0 bridgehead atoms. The van der Waals surface area contributed by atoms with E-state index in [-0.39, 0.29) is 23.4 Å². The zero-order valence-electron chi connectivity index (χ0n) is 23.6. The summed E-state index contributed by atoms with van der Waals surface area (Å²) >= 11 is 0. The molecule has 2 aromatic heterocycles. The molecule has 0 saturated carbocycles. The van der Waals surface area contributed by atoms with E-state index in [1.165, 1.54) is 24.3 Å². The number of carbonyl (C=O) groups is 1. The van der Waals surface area contributed by atoms with Gasteiger partial charge in [0.05, 0.1) is 6.54 Å². The average Bonchev–Trinajstić information content (AvgIpc) is 3.53. The van der Waals surface area contributed by atoms with Crippen molar-refractivity contribution in [2.75, 3.05) is 13.1 Å². The number of hydrogen-bond donors (Lipinski definition) is 1. The largest absolute Gasteiger partial charge is 0.573 e. The summed E-state index contributed by atoms with van der Waals surface area (Å²) in [6, 6.07) is 15.1. The fourth-order valence-corrected chi connectivity index (χ4v) is 4.52. The highest BCUT2D eigenvalue weighted by atomic mass is 19.4. The molecule has 0 fully saturated rings. The molecule has 4 aromatic rings. The Morgan fingerprint density at radius 2 is 1.78 bits per heavy atom. The number of hydrogen-bond acceptors (Lipinski definition) is 7. The van der Waals surface area contributed by atoms with Crippen molar-refractivity contribution in [3.8, 4) is 28.7 Å². The van der Waals surface area contributed by atoms with Crippen LogP contribution in [0, 0.1) is 6.92 Å². The number of aryl methyl sites for hydroxylation is 1. The van der Waals surface area contributed by atoms with Gasteiger partial charge in [0, 0.05) is 42.0 Å². The lowest BCUT2D eigenvalue weighted by Crippen LogP contribution is -2.42. The molecule has 218 valence electrons. The van der Waals surface area contributed by atoms with Gasteiger partial charge in [0.25, 0.3) is 11.8 Å². The van der Waals surface area contributed by atoms with E-state index >= 15 is 0 Å². The fourth-order valence-electron chi connectivity index (χ4n) is 4.52. The SMILES string of the molecule is Cc1cc(-c2nc(-c3ccc(OC(F)(F)F)cc3)no2)nn1Cc1cccc(C(=O)NCCN(C(C)C)C(C)C)c1. The lowest BCUT2D eigenvalue weighted by molar-refractivity contribution is -0.274. The normalized spacial score (nSPS) is 12.0. The van der Waals surface area contributed by atoms with E-state index in [0.29, 0.717) is 42.0 Å². The number of nitrogens with one attached hydrogen (secondary N) is 1. The highest BCUT2D eigenvalue weighted by Gasteiger charge is 2.31. The third-order valence-electron chi connectivity index (χ3n) is 6.48. The smallest absolute Gasteiger partial charge is 0.406 e. The van der Waals surface area contributed by atoms with E-state index in [9.17, 15) is 18.0 Å². The van der Waals surface area contributed by atoms with Crippen LogP contribution in [0.15, 0.2) is 59.1 Å². The van der Waals surface area contributed by atoms with Crippen molar-refractivity contribution >= 4 is 5.91 Å². The number of halogens is 3. The first-order chi connectivity index (χ1) is 19.4. The van der Waals surface area contributed by atoms with Gasteiger partial charge in [-0.05, 0) is 82.6 Å². The summed E-state index contributed by atoms with van der Waals surface area (Å²) in [5.74, 6) is -0.102. The van der Waals surface area contributed by atoms with Crippen molar-refractivity contribution in [3.63, 3.8) is 0 Å². The maximum Gasteiger partial charge on any atom is 0.573 e. The summed E-state index contributed by atoms with van der Waals surface area (Å²) in [6.45, 7) is 12.2. The van der Waals surface area contributed by atoms with Gasteiger partial charge in [-0.1, -0.05) is 17.3 Å². The van der Waals surface area contributed by atoms with Crippen LogP contribution < -0.4 is 10.1 Å². The predicted octanol–water partition coefficient (Wildman–Crippen LogP) is 5.70. The van der Waals surface area contributed by atoms with Gasteiger partial charge in [-0.2, -0.15) is 10.1 Å². The molecule has 0 atom stereocenters. The highest BCUT2D eigenvalue weighted by molar-refractivity contribution is 5.94. The molecular weight excluding hydrogens is 537 g/mol. The Morgan fingerprint density at radius 1 is 1.07 bits per heavy atom. The van der Waals surface area contributed by atoms with E-state index in [2.05, 4.69) is 57.9 Å². The molecule has 0 unspecified atom stereocenters. The highest BCUT2D eigenvalue weighted by Crippen LogP contribution is 2.27. The van der Waals surface area contributed by atoms with Crippen LogP contribution in [0.2, 0.25) is 0 Å². The van der Waals surface area contributed by atoms with Crippen LogP contribution in [0.25, 0.3) is 23.0 Å². The van der Waals surface area contributed by atoms with Crippen molar-refractivity contribution in [2.24, 2.45) is 0 Å². The number of aromatic nitrogens is 4. The first-order valence-corrected chi connectivity index (χ1v) is 13.3. The minimum absolute atomic E-state index is 0.131. The van der Waals surface area contributed by atoms with Crippen LogP contribution in [0.1, 0.15) is 49.3 Å². The van der Waals surface area contributed by atoms with Gasteiger partial charge >= 0.3 is 6.36 Å². The second-order valence-electron chi connectivity index (χ2n) is 10.2. The first kappa shape index (κ1) is 29.8. The molecule has 1 N–H and O–H groups in total. The number of alkyl halides is 3. The monoisotopic (exact) mass is 570 g/mol. The van der Waals surface area contributed by atoms with E-state index in [4.69, 9.17) is 4.52 Å². The average molecular weight is 571 g/mol. The summed E-state index contributed by atoms with van der Waals surface area (Å²) in [4.78, 5) is 19.5. The molecule has 0 spiro atoms. The summed E-state index contributed by atoms with van der Waals surface area (Å²) < 4.78 is 48.2. The number of nitrogens with zero attached hydrogens (tertiary/aromatic N) is 5. The minimum atomic E-state index is -4.77. The number of carbonyl (C=O) groups excluding carboxylic acids is 1. The van der Waals surface area contributed by atoms with Gasteiger partial charge in [-0.3, -0.25) is 14.4 Å². The van der Waals surface area contributed by atoms with Crippen molar-refractivity contribution in [1.29, 1.82) is 0 Å². The zero-order chi connectivity index (χ0) is 29.7. The molecule has 12 heteroatoms. The van der Waals surface area contributed by atoms with E-state index in [1.807, 2.05) is 25.1 Å². The van der Waals surface area contributed by atoms with Crippen LogP contribution in [-0.2, 0) is 6.54 Å². The molecule has 0 aliphatic carbocycles. The maximum atomic E-state index is 12.8. The van der Waals surface area contributed by atoms with Crippen molar-refractivity contribution in [3.05, 3.63) is 71.4 Å². The van der Waals surface area contributed by atoms with Gasteiger partial charge in [0.15, 0.2) is 5.69 Å². The minimum Gasteiger partial charge on any atom is -0.406 e. The van der Waals surface area contributed by atoms with Crippen LogP contribution in [-0.4, -0.2) is 62.3 Å². The lowest BCUT2D eigenvalue weighted by atomic mass is 10.1. The lowest BCUT2D eigenvalue weighted by Gasteiger charge is -2.30. The first-order valence-electron chi connectivity index (χ1n) is 13.3. The summed E-state index contributed by atoms with van der Waals surface area (Å²) in [5, 5.41) is 11.5. The Bertz CT molecular complexity index is 1450. The van der Waals surface area contributed by atoms with Crippen molar-refractivity contribution < 1.29 is 27.2 Å². The fraction of sp³-hybridized carbons (Fsp3) is 0.379. The molecule has 0 saturated heterocycles. The summed E-state index contributed by atoms with van der Waals surface area (Å²) in [6.07, 6.45) is -4.77. The molecule has 1 amide bonds. The summed E-state index contributed by atoms with van der Waals surface area (Å²) in [7, 11) is 0. The van der Waals surface area contributed by atoms with E-state index in [0.717, 1.165) is 17.8 Å². The van der Waals surface area contributed by atoms with Gasteiger partial charge < -0.3 is 14.6 Å².